The Labute approximate surface area is 87.2 Å². The van der Waals surface area contributed by atoms with Crippen molar-refractivity contribution in [1.29, 1.82) is 5.26 Å². The van der Waals surface area contributed by atoms with Gasteiger partial charge in [-0.2, -0.15) is 5.26 Å². The van der Waals surface area contributed by atoms with Crippen LogP contribution in [-0.4, -0.2) is 5.11 Å². The summed E-state index contributed by atoms with van der Waals surface area (Å²) in [6.45, 7) is 0. The summed E-state index contributed by atoms with van der Waals surface area (Å²) in [5.74, 6) is 0. The number of rotatable bonds is 0. The van der Waals surface area contributed by atoms with E-state index in [2.05, 4.69) is 22.0 Å². The van der Waals surface area contributed by atoms with E-state index in [4.69, 9.17) is 5.26 Å². The predicted octanol–water partition coefficient (Wildman–Crippen LogP) is 3.24. The van der Waals surface area contributed by atoms with Crippen molar-refractivity contribution in [2.75, 3.05) is 0 Å². The van der Waals surface area contributed by atoms with Gasteiger partial charge in [-0.05, 0) is 39.5 Å². The van der Waals surface area contributed by atoms with E-state index in [0.29, 0.717) is 5.56 Å². The average Bonchev–Trinajstić information content (AvgIpc) is 2.46. The molecule has 0 saturated heterocycles. The Morgan fingerprint density at radius 2 is 2.15 bits per heavy atom. The fourth-order valence-electron chi connectivity index (χ4n) is 1.16. The molecule has 0 unspecified atom stereocenters. The SMILES string of the molecule is N#Cc1cc(Br)c2sc(O)cc2c1. The van der Waals surface area contributed by atoms with Gasteiger partial charge in [0.05, 0.1) is 16.3 Å². The molecule has 2 nitrogen and oxygen atoms in total. The van der Waals surface area contributed by atoms with Gasteiger partial charge in [-0.15, -0.1) is 0 Å². The van der Waals surface area contributed by atoms with Crippen molar-refractivity contribution in [2.45, 2.75) is 0 Å². The summed E-state index contributed by atoms with van der Waals surface area (Å²) in [6.07, 6.45) is 0. The van der Waals surface area contributed by atoms with E-state index in [-0.39, 0.29) is 5.06 Å². The Kier molecular flexibility index (Phi) is 1.98. The van der Waals surface area contributed by atoms with E-state index in [1.807, 2.05) is 0 Å². The molecule has 1 aromatic heterocycles. The molecule has 0 aliphatic rings. The zero-order valence-electron chi connectivity index (χ0n) is 6.41. The second-order valence-electron chi connectivity index (χ2n) is 2.57. The predicted molar refractivity (Wildman–Crippen MR) is 55.9 cm³/mol. The van der Waals surface area contributed by atoms with Crippen molar-refractivity contribution in [1.82, 2.24) is 0 Å². The Hall–Kier alpha value is -1.05. The van der Waals surface area contributed by atoms with Gasteiger partial charge in [0.15, 0.2) is 5.06 Å². The summed E-state index contributed by atoms with van der Waals surface area (Å²) in [6, 6.07) is 7.23. The van der Waals surface area contributed by atoms with Gasteiger partial charge >= 0.3 is 0 Å². The molecule has 1 aromatic carbocycles. The molecule has 1 heterocycles. The molecule has 64 valence electrons. The molecule has 2 aromatic rings. The molecule has 0 fully saturated rings. The summed E-state index contributed by atoms with van der Waals surface area (Å²) < 4.78 is 1.82. The van der Waals surface area contributed by atoms with Crippen molar-refractivity contribution < 1.29 is 5.11 Å². The molecular weight excluding hydrogens is 250 g/mol. The minimum absolute atomic E-state index is 0.269. The smallest absolute Gasteiger partial charge is 0.172 e. The summed E-state index contributed by atoms with van der Waals surface area (Å²) in [7, 11) is 0. The molecule has 0 radical (unpaired) electrons. The summed E-state index contributed by atoms with van der Waals surface area (Å²) in [4.78, 5) is 0. The molecule has 0 atom stereocenters. The maximum absolute atomic E-state index is 9.26. The maximum atomic E-state index is 9.26. The van der Waals surface area contributed by atoms with Crippen LogP contribution in [-0.2, 0) is 0 Å². The first-order valence-corrected chi connectivity index (χ1v) is 5.14. The first-order valence-electron chi connectivity index (χ1n) is 3.53. The molecule has 0 aliphatic heterocycles. The van der Waals surface area contributed by atoms with Crippen LogP contribution in [0.25, 0.3) is 10.1 Å². The van der Waals surface area contributed by atoms with Gasteiger partial charge in [0.2, 0.25) is 0 Å². The van der Waals surface area contributed by atoms with Crippen molar-refractivity contribution in [3.63, 3.8) is 0 Å². The molecule has 0 spiro atoms. The van der Waals surface area contributed by atoms with Crippen LogP contribution >= 0.6 is 27.3 Å². The molecular formula is C9H4BrNOS. The van der Waals surface area contributed by atoms with Gasteiger partial charge in [0.25, 0.3) is 0 Å². The fraction of sp³-hybridized carbons (Fsp3) is 0. The minimum Gasteiger partial charge on any atom is -0.499 e. The zero-order chi connectivity index (χ0) is 9.42. The summed E-state index contributed by atoms with van der Waals surface area (Å²) in [5, 5.41) is 19.1. The van der Waals surface area contributed by atoms with Crippen molar-refractivity contribution in [2.24, 2.45) is 0 Å². The first kappa shape index (κ1) is 8.54. The molecule has 0 aliphatic carbocycles. The number of halogens is 1. The van der Waals surface area contributed by atoms with Crippen molar-refractivity contribution in [3.8, 4) is 11.1 Å². The van der Waals surface area contributed by atoms with Crippen LogP contribution < -0.4 is 0 Å². The van der Waals surface area contributed by atoms with Crippen LogP contribution in [0.4, 0.5) is 0 Å². The normalized spacial score (nSPS) is 10.2. The van der Waals surface area contributed by atoms with Gasteiger partial charge in [-0.25, -0.2) is 0 Å². The highest BCUT2D eigenvalue weighted by molar-refractivity contribution is 9.10. The van der Waals surface area contributed by atoms with Gasteiger partial charge < -0.3 is 5.11 Å². The summed E-state index contributed by atoms with van der Waals surface area (Å²) >= 11 is 4.65. The van der Waals surface area contributed by atoms with Gasteiger partial charge in [-0.3, -0.25) is 0 Å². The van der Waals surface area contributed by atoms with Crippen LogP contribution in [0.1, 0.15) is 5.56 Å². The maximum Gasteiger partial charge on any atom is 0.172 e. The van der Waals surface area contributed by atoms with Crippen molar-refractivity contribution in [3.05, 3.63) is 28.2 Å². The van der Waals surface area contributed by atoms with Gasteiger partial charge in [-0.1, -0.05) is 11.3 Å². The quantitative estimate of drug-likeness (QED) is 0.784. The average molecular weight is 254 g/mol. The van der Waals surface area contributed by atoms with Crippen LogP contribution in [0, 0.1) is 11.3 Å². The largest absolute Gasteiger partial charge is 0.499 e. The number of fused-ring (bicyclic) bond motifs is 1. The lowest BCUT2D eigenvalue weighted by Crippen LogP contribution is -1.73. The Bertz CT molecular complexity index is 512. The molecule has 1 N–H and O–H groups in total. The van der Waals surface area contributed by atoms with Crippen LogP contribution in [0.3, 0.4) is 0 Å². The van der Waals surface area contributed by atoms with Gasteiger partial charge in [0.1, 0.15) is 0 Å². The molecule has 0 bridgehead atoms. The standard InChI is InChI=1S/C9H4BrNOS/c10-7-2-5(4-11)1-6-3-8(12)13-9(6)7/h1-3,12H. The van der Waals surface area contributed by atoms with Gasteiger partial charge in [0, 0.05) is 4.47 Å². The Balaban J connectivity index is 2.85. The van der Waals surface area contributed by atoms with E-state index >= 15 is 0 Å². The monoisotopic (exact) mass is 253 g/mol. The number of hydrogen-bond donors (Lipinski definition) is 1. The number of nitriles is 1. The molecule has 13 heavy (non-hydrogen) atoms. The molecule has 0 saturated carbocycles. The van der Waals surface area contributed by atoms with Crippen molar-refractivity contribution >= 4 is 37.4 Å². The van der Waals surface area contributed by atoms with Crippen LogP contribution in [0.5, 0.6) is 5.06 Å². The Morgan fingerprint density at radius 3 is 2.85 bits per heavy atom. The second-order valence-corrected chi connectivity index (χ2v) is 4.46. The lowest BCUT2D eigenvalue weighted by molar-refractivity contribution is 0.491. The third-order valence-electron chi connectivity index (χ3n) is 1.69. The Morgan fingerprint density at radius 1 is 1.38 bits per heavy atom. The van der Waals surface area contributed by atoms with E-state index < -0.39 is 0 Å². The van der Waals surface area contributed by atoms with E-state index in [9.17, 15) is 5.11 Å². The molecule has 0 amide bonds. The number of hydrogen-bond acceptors (Lipinski definition) is 3. The van der Waals surface area contributed by atoms with E-state index in [1.165, 1.54) is 11.3 Å². The topological polar surface area (TPSA) is 44.0 Å². The number of aromatic hydroxyl groups is 1. The highest BCUT2D eigenvalue weighted by Crippen LogP contribution is 2.36. The second kappa shape index (κ2) is 3.02. The highest BCUT2D eigenvalue weighted by Gasteiger charge is 2.05. The summed E-state index contributed by atoms with van der Waals surface area (Å²) in [5.41, 5.74) is 0.595. The third kappa shape index (κ3) is 1.41. The zero-order valence-corrected chi connectivity index (χ0v) is 8.82. The van der Waals surface area contributed by atoms with E-state index in [1.54, 1.807) is 18.2 Å². The first-order chi connectivity index (χ1) is 6.20. The highest BCUT2D eigenvalue weighted by atomic mass is 79.9. The van der Waals surface area contributed by atoms with Crippen LogP contribution in [0.2, 0.25) is 0 Å². The fourth-order valence-corrected chi connectivity index (χ4v) is 2.67. The van der Waals surface area contributed by atoms with Crippen LogP contribution in [0.15, 0.2) is 22.7 Å². The van der Waals surface area contributed by atoms with E-state index in [0.717, 1.165) is 14.6 Å². The molecule has 4 heteroatoms. The number of benzene rings is 1. The lowest BCUT2D eigenvalue weighted by Gasteiger charge is -1.93. The third-order valence-corrected chi connectivity index (χ3v) is 3.56. The minimum atomic E-state index is 0.269. The number of thiophene rings is 1. The number of nitrogens with zero attached hydrogens (tertiary/aromatic N) is 1. The molecule has 2 rings (SSSR count). The lowest BCUT2D eigenvalue weighted by atomic mass is 10.2.